The third kappa shape index (κ3) is 4.23. The summed E-state index contributed by atoms with van der Waals surface area (Å²) in [4.78, 5) is 30.4. The monoisotopic (exact) mass is 483 g/mol. The molecule has 0 spiro atoms. The molecular formula is C30H33N3O3. The van der Waals surface area contributed by atoms with E-state index < -0.39 is 0 Å². The van der Waals surface area contributed by atoms with E-state index in [1.807, 2.05) is 65.2 Å². The van der Waals surface area contributed by atoms with Crippen LogP contribution in [0.25, 0.3) is 22.5 Å². The van der Waals surface area contributed by atoms with Crippen LogP contribution in [0, 0.1) is 23.2 Å². The highest BCUT2D eigenvalue weighted by Crippen LogP contribution is 2.64. The van der Waals surface area contributed by atoms with Gasteiger partial charge in [0.15, 0.2) is 0 Å². The van der Waals surface area contributed by atoms with Crippen LogP contribution in [0.15, 0.2) is 67.0 Å². The Morgan fingerprint density at radius 2 is 1.61 bits per heavy atom. The van der Waals surface area contributed by atoms with Crippen LogP contribution in [0.4, 0.5) is 0 Å². The summed E-state index contributed by atoms with van der Waals surface area (Å²) >= 11 is 0. The SMILES string of the molecule is O=C(Cn1cnc(-c2ccccc2)c1-c1ccccc1)NCCOC(=O)C12CC3CCCC(C1)C3C2. The fourth-order valence-electron chi connectivity index (χ4n) is 7.16. The molecule has 3 fully saturated rings. The molecule has 2 aromatic carbocycles. The van der Waals surface area contributed by atoms with Gasteiger partial charge in [-0.25, -0.2) is 4.98 Å². The zero-order valence-electron chi connectivity index (χ0n) is 20.6. The van der Waals surface area contributed by atoms with Gasteiger partial charge >= 0.3 is 5.97 Å². The van der Waals surface area contributed by atoms with Gasteiger partial charge in [-0.15, -0.1) is 0 Å². The lowest BCUT2D eigenvalue weighted by molar-refractivity contribution is -0.156. The largest absolute Gasteiger partial charge is 0.463 e. The number of hydrogen-bond acceptors (Lipinski definition) is 4. The van der Waals surface area contributed by atoms with Gasteiger partial charge in [0, 0.05) is 11.1 Å². The Bertz CT molecular complexity index is 1220. The van der Waals surface area contributed by atoms with Gasteiger partial charge in [0.2, 0.25) is 5.91 Å². The molecule has 36 heavy (non-hydrogen) atoms. The van der Waals surface area contributed by atoms with E-state index in [-0.39, 0.29) is 30.4 Å². The van der Waals surface area contributed by atoms with Crippen LogP contribution >= 0.6 is 0 Å². The summed E-state index contributed by atoms with van der Waals surface area (Å²) in [6.07, 6.45) is 8.61. The average molecular weight is 484 g/mol. The van der Waals surface area contributed by atoms with E-state index in [0.29, 0.717) is 6.54 Å². The first-order valence-corrected chi connectivity index (χ1v) is 13.2. The topological polar surface area (TPSA) is 73.2 Å². The summed E-state index contributed by atoms with van der Waals surface area (Å²) in [6, 6.07) is 20.0. The van der Waals surface area contributed by atoms with E-state index in [0.717, 1.165) is 59.5 Å². The summed E-state index contributed by atoms with van der Waals surface area (Å²) < 4.78 is 7.58. The zero-order chi connectivity index (χ0) is 24.5. The minimum Gasteiger partial charge on any atom is -0.463 e. The first-order chi connectivity index (χ1) is 17.6. The normalized spacial score (nSPS) is 26.1. The van der Waals surface area contributed by atoms with Crippen LogP contribution in [0.2, 0.25) is 0 Å². The maximum absolute atomic E-state index is 13.0. The molecule has 6 nitrogen and oxygen atoms in total. The number of nitrogens with zero attached hydrogens (tertiary/aromatic N) is 2. The van der Waals surface area contributed by atoms with Gasteiger partial charge in [-0.2, -0.15) is 0 Å². The number of rotatable bonds is 8. The first-order valence-electron chi connectivity index (χ1n) is 13.2. The number of hydrogen-bond donors (Lipinski definition) is 1. The van der Waals surface area contributed by atoms with Crippen LogP contribution in [-0.4, -0.2) is 34.6 Å². The molecule has 186 valence electrons. The number of fused-ring (bicyclic) bond motifs is 1. The summed E-state index contributed by atoms with van der Waals surface area (Å²) in [7, 11) is 0. The third-order valence-corrected chi connectivity index (χ3v) is 8.63. The molecule has 0 radical (unpaired) electrons. The molecule has 2 atom stereocenters. The molecule has 3 aliphatic rings. The maximum Gasteiger partial charge on any atom is 0.312 e. The summed E-state index contributed by atoms with van der Waals surface area (Å²) in [5.41, 5.74) is 3.52. The number of benzene rings is 2. The van der Waals surface area contributed by atoms with Gasteiger partial charge in [-0.05, 0) is 37.0 Å². The summed E-state index contributed by atoms with van der Waals surface area (Å²) in [5.74, 6) is 2.01. The number of carbonyl (C=O) groups excluding carboxylic acids is 2. The molecule has 3 aliphatic carbocycles. The smallest absolute Gasteiger partial charge is 0.312 e. The van der Waals surface area contributed by atoms with Gasteiger partial charge in [0.25, 0.3) is 0 Å². The Labute approximate surface area is 212 Å². The highest BCUT2D eigenvalue weighted by molar-refractivity contribution is 5.82. The van der Waals surface area contributed by atoms with Gasteiger partial charge in [0.1, 0.15) is 13.2 Å². The van der Waals surface area contributed by atoms with E-state index >= 15 is 0 Å². The first kappa shape index (κ1) is 23.0. The molecule has 2 unspecified atom stereocenters. The van der Waals surface area contributed by atoms with Crippen molar-refractivity contribution in [3.63, 3.8) is 0 Å². The van der Waals surface area contributed by atoms with Crippen LogP contribution in [0.1, 0.15) is 38.5 Å². The summed E-state index contributed by atoms with van der Waals surface area (Å²) in [6.45, 7) is 0.682. The van der Waals surface area contributed by atoms with Gasteiger partial charge in [0.05, 0.1) is 29.7 Å². The molecule has 0 aliphatic heterocycles. The Kier molecular flexibility index (Phi) is 6.12. The Hall–Kier alpha value is -3.41. The Balaban J connectivity index is 1.07. The number of amides is 1. The van der Waals surface area contributed by atoms with Crippen molar-refractivity contribution >= 4 is 11.9 Å². The molecule has 0 saturated heterocycles. The standard InChI is InChI=1S/C30H33N3O3/c34-26(31-14-15-36-29(35)30-16-23-12-7-13-24(17-30)25(23)18-30)19-33-20-32-27(21-8-3-1-4-9-21)28(33)22-10-5-2-6-11-22/h1-6,8-11,20,23-25H,7,12-19H2,(H,31,34). The van der Waals surface area contributed by atoms with Crippen molar-refractivity contribution in [3.05, 3.63) is 67.0 Å². The quantitative estimate of drug-likeness (QED) is 0.358. The molecule has 2 bridgehead atoms. The van der Waals surface area contributed by atoms with Crippen molar-refractivity contribution in [1.29, 1.82) is 0 Å². The third-order valence-electron chi connectivity index (χ3n) is 8.63. The summed E-state index contributed by atoms with van der Waals surface area (Å²) in [5, 5.41) is 2.92. The average Bonchev–Trinajstić information content (AvgIpc) is 3.60. The minimum absolute atomic E-state index is 0.0397. The van der Waals surface area contributed by atoms with Crippen molar-refractivity contribution in [2.24, 2.45) is 23.2 Å². The predicted octanol–water partition coefficient (Wildman–Crippen LogP) is 5.09. The molecule has 1 aromatic heterocycles. The Morgan fingerprint density at radius 1 is 0.944 bits per heavy atom. The van der Waals surface area contributed by atoms with E-state index in [1.165, 1.54) is 19.3 Å². The molecule has 6 heteroatoms. The second-order valence-corrected chi connectivity index (χ2v) is 10.8. The van der Waals surface area contributed by atoms with Crippen LogP contribution < -0.4 is 5.32 Å². The van der Waals surface area contributed by atoms with Crippen molar-refractivity contribution in [2.45, 2.75) is 45.1 Å². The fourth-order valence-corrected chi connectivity index (χ4v) is 7.16. The molecule has 1 amide bonds. The second-order valence-electron chi connectivity index (χ2n) is 10.8. The van der Waals surface area contributed by atoms with Crippen molar-refractivity contribution < 1.29 is 14.3 Å². The van der Waals surface area contributed by atoms with E-state index in [4.69, 9.17) is 4.74 Å². The molecule has 3 saturated carbocycles. The van der Waals surface area contributed by atoms with E-state index in [9.17, 15) is 9.59 Å². The second kappa shape index (κ2) is 9.57. The predicted molar refractivity (Wildman–Crippen MR) is 138 cm³/mol. The number of esters is 1. The number of nitrogens with one attached hydrogen (secondary N) is 1. The highest BCUT2D eigenvalue weighted by Gasteiger charge is 2.60. The lowest BCUT2D eigenvalue weighted by Gasteiger charge is -2.37. The van der Waals surface area contributed by atoms with Gasteiger partial charge in [-0.1, -0.05) is 79.9 Å². The van der Waals surface area contributed by atoms with Gasteiger partial charge < -0.3 is 14.6 Å². The number of carbonyl (C=O) groups is 2. The minimum atomic E-state index is -0.250. The zero-order valence-corrected chi connectivity index (χ0v) is 20.6. The molecule has 1 N–H and O–H groups in total. The van der Waals surface area contributed by atoms with E-state index in [2.05, 4.69) is 10.3 Å². The molecular weight excluding hydrogens is 450 g/mol. The maximum atomic E-state index is 13.0. The van der Waals surface area contributed by atoms with Crippen LogP contribution in [-0.2, 0) is 20.9 Å². The van der Waals surface area contributed by atoms with Crippen LogP contribution in [0.5, 0.6) is 0 Å². The fraction of sp³-hybridized carbons (Fsp3) is 0.433. The molecule has 6 rings (SSSR count). The van der Waals surface area contributed by atoms with E-state index in [1.54, 1.807) is 6.33 Å². The van der Waals surface area contributed by atoms with Crippen molar-refractivity contribution in [3.8, 4) is 22.5 Å². The van der Waals surface area contributed by atoms with Crippen LogP contribution in [0.3, 0.4) is 0 Å². The number of imidazole rings is 1. The lowest BCUT2D eigenvalue weighted by Crippen LogP contribution is -2.36. The Morgan fingerprint density at radius 3 is 2.28 bits per heavy atom. The number of ether oxygens (including phenoxy) is 1. The molecule has 3 aromatic rings. The highest BCUT2D eigenvalue weighted by atomic mass is 16.5. The molecule has 1 heterocycles. The van der Waals surface area contributed by atoms with Crippen molar-refractivity contribution in [1.82, 2.24) is 14.9 Å². The number of aromatic nitrogens is 2. The lowest BCUT2D eigenvalue weighted by atomic mass is 9.68. The van der Waals surface area contributed by atoms with Crippen molar-refractivity contribution in [2.75, 3.05) is 13.2 Å². The van der Waals surface area contributed by atoms with Gasteiger partial charge in [-0.3, -0.25) is 9.59 Å².